The predicted octanol–water partition coefficient (Wildman–Crippen LogP) is 20.5. The van der Waals surface area contributed by atoms with Gasteiger partial charge in [0.1, 0.15) is 84.6 Å². The van der Waals surface area contributed by atoms with E-state index in [2.05, 4.69) is 75.4 Å². The number of nitrogens with zero attached hydrogens (tertiary/aromatic N) is 14. The van der Waals surface area contributed by atoms with E-state index >= 15 is 0 Å². The summed E-state index contributed by atoms with van der Waals surface area (Å²) < 4.78 is 174. The van der Waals surface area contributed by atoms with E-state index in [1.54, 1.807) is 60.1 Å². The zero-order chi connectivity index (χ0) is 72.7. The number of benzene rings is 3. The average molecular weight is 1620 g/mol. The molecule has 530 valence electrons. The molecule has 0 saturated carbocycles. The summed E-state index contributed by atoms with van der Waals surface area (Å²) in [6.07, 6.45) is -12.5. The van der Waals surface area contributed by atoms with Crippen molar-refractivity contribution in [2.75, 3.05) is 35.2 Å². The fourth-order valence-electron chi connectivity index (χ4n) is 8.77. The number of thiazole rings is 7. The van der Waals surface area contributed by atoms with Crippen LogP contribution in [0.25, 0.3) is 31.0 Å². The quantitative estimate of drug-likeness (QED) is 0.0719. The molecule has 3 aromatic carbocycles. The van der Waals surface area contributed by atoms with Crippen LogP contribution in [0.2, 0.25) is 17.3 Å². The van der Waals surface area contributed by atoms with Crippen LogP contribution in [0.4, 0.5) is 79.7 Å². The molecule has 0 radical (unpaired) electrons. The summed E-state index contributed by atoms with van der Waals surface area (Å²) in [6.45, 7) is 6.93. The average Bonchev–Trinajstić information content (AvgIpc) is 1.67. The van der Waals surface area contributed by atoms with Crippen LogP contribution in [0, 0.1) is 26.0 Å². The highest BCUT2D eigenvalue weighted by Crippen LogP contribution is 2.46. The predicted molar refractivity (Wildman–Crippen MR) is 365 cm³/mol. The molecule has 0 bridgehead atoms. The molecule has 10 heterocycles. The highest BCUT2D eigenvalue weighted by atomic mass is 35.5. The van der Waals surface area contributed by atoms with E-state index in [4.69, 9.17) is 55.9 Å². The van der Waals surface area contributed by atoms with Crippen LogP contribution in [0.15, 0.2) is 90.1 Å². The number of alkyl halides is 12. The lowest BCUT2D eigenvalue weighted by Crippen LogP contribution is -2.22. The SMILES string of the molecule is Cc1cc(CCN(c2nc(C(F)(F)F)c(Cl)s2)c2ncnc3scnc23)ccc1Oc1nc(C(F)(F)F)c(Cl)s1.Cc1cc(CCNc2ncnc3scnc23)ccc1O.Cc1cc(CCNc2ncnc3scnc23)ccc1Oc1nc(C(F)(F)F)c(Cl)s1.Fc1nc(C(F)(F)F)c(Cl)s1. The standard InChI is InChI=1S/C22H12Cl2F6N6OS3.C18H13ClF3N5OS2.C14H14N4OS.C4ClF4NS/c1-9-6-10(2-3-11(9)37-20-35-14(16(24)40-20)22(28,29)30)4-5-36(17-12-18(32-7-31-17)38-8-33-12)19-34-13(15(23)39-19)21(25,26)27;1-9-6-10(4-5-23-15-12-16(25-7-24-15)29-8-26-12)2-3-11(9)28-17-27-13(14(19)30-17)18(20,21)22;1-9-6-10(2-3-11(9)19)4-5-15-13-12-14(17-7-16-13)20-8-18-12;5-2-1(4(7,8)9)10-3(6)11-2/h2-3,6-8H,4-5H2,1H3;2-3,6-8H,4-5H2,1H3,(H,23,24,25);2-3,6-8,19H,4-5H2,1H3,(H,15,16,17);. The molecule has 43 heteroatoms. The number of halogens is 17. The molecule has 101 heavy (non-hydrogen) atoms. The number of aryl methyl sites for hydroxylation is 3. The first-order valence-electron chi connectivity index (χ1n) is 28.1. The lowest BCUT2D eigenvalue weighted by molar-refractivity contribution is -0.141. The molecule has 13 aromatic rings. The minimum atomic E-state index is -4.74. The van der Waals surface area contributed by atoms with Crippen LogP contribution in [0.3, 0.4) is 0 Å². The van der Waals surface area contributed by atoms with Gasteiger partial charge in [0.2, 0.25) is 0 Å². The smallest absolute Gasteiger partial charge is 0.435 e. The van der Waals surface area contributed by atoms with Gasteiger partial charge in [-0.05, 0) is 91.6 Å². The van der Waals surface area contributed by atoms with E-state index in [1.807, 2.05) is 38.1 Å². The van der Waals surface area contributed by atoms with Crippen molar-refractivity contribution in [3.8, 4) is 27.6 Å². The number of anilines is 4. The van der Waals surface area contributed by atoms with Crippen molar-refractivity contribution in [1.82, 2.24) is 64.8 Å². The Labute approximate surface area is 607 Å². The molecule has 0 atom stereocenters. The summed E-state index contributed by atoms with van der Waals surface area (Å²) >= 11 is 28.4. The van der Waals surface area contributed by atoms with E-state index in [9.17, 15) is 62.2 Å². The molecule has 0 aliphatic heterocycles. The molecule has 10 aromatic heterocycles. The van der Waals surface area contributed by atoms with Gasteiger partial charge in [0, 0.05) is 19.6 Å². The summed E-state index contributed by atoms with van der Waals surface area (Å²) in [7, 11) is 0. The minimum absolute atomic E-state index is 0.0249. The Hall–Kier alpha value is -7.86. The molecule has 0 unspecified atom stereocenters. The first kappa shape index (κ1) is 75.8. The van der Waals surface area contributed by atoms with Gasteiger partial charge in [-0.25, -0.2) is 54.8 Å². The minimum Gasteiger partial charge on any atom is -0.508 e. The van der Waals surface area contributed by atoms with Crippen LogP contribution in [-0.4, -0.2) is 89.5 Å². The van der Waals surface area contributed by atoms with Gasteiger partial charge in [-0.2, -0.15) is 67.0 Å². The summed E-state index contributed by atoms with van der Waals surface area (Å²) in [5.74, 6) is 2.74. The molecule has 0 saturated heterocycles. The molecular weight excluding hydrogens is 1580 g/mol. The molecule has 19 nitrogen and oxygen atoms in total. The van der Waals surface area contributed by atoms with Crippen molar-refractivity contribution in [2.45, 2.75) is 64.7 Å². The number of nitrogens with one attached hydrogen (secondary N) is 2. The number of fused-ring (bicyclic) bond motifs is 3. The van der Waals surface area contributed by atoms with Crippen molar-refractivity contribution in [3.63, 3.8) is 0 Å². The van der Waals surface area contributed by atoms with Crippen molar-refractivity contribution >= 4 is 179 Å². The molecule has 0 aliphatic carbocycles. The fraction of sp³-hybridized carbons (Fsp3) is 0.224. The second kappa shape index (κ2) is 32.2. The Morgan fingerprint density at radius 1 is 0.455 bits per heavy atom. The van der Waals surface area contributed by atoms with Crippen LogP contribution >= 0.6 is 126 Å². The van der Waals surface area contributed by atoms with Crippen LogP contribution in [0.5, 0.6) is 27.6 Å². The molecule has 0 fully saturated rings. The maximum atomic E-state index is 13.4. The van der Waals surface area contributed by atoms with Gasteiger partial charge in [-0.15, -0.1) is 34.0 Å². The van der Waals surface area contributed by atoms with Gasteiger partial charge >= 0.3 is 24.7 Å². The molecule has 0 spiro atoms. The van der Waals surface area contributed by atoms with E-state index in [0.717, 1.165) is 61.7 Å². The van der Waals surface area contributed by atoms with E-state index in [-0.39, 0.29) is 45.0 Å². The number of phenolic OH excluding ortho intramolecular Hbond substituents is 1. The molecule has 13 rings (SSSR count). The first-order valence-corrected chi connectivity index (χ1v) is 35.5. The van der Waals surface area contributed by atoms with Crippen molar-refractivity contribution in [2.24, 2.45) is 0 Å². The number of hydrogen-bond donors (Lipinski definition) is 3. The molecule has 3 N–H and O–H groups in total. The number of rotatable bonds is 17. The number of hydrogen-bond acceptors (Lipinski definition) is 26. The lowest BCUT2D eigenvalue weighted by Gasteiger charge is -2.21. The van der Waals surface area contributed by atoms with Gasteiger partial charge in [-0.3, -0.25) is 4.90 Å². The number of aromatic nitrogens is 13. The summed E-state index contributed by atoms with van der Waals surface area (Å²) in [5, 5.41) is 14.4. The second-order valence-electron chi connectivity index (χ2n) is 20.3. The Kier molecular flexibility index (Phi) is 24.2. The topological polar surface area (TPSA) is 234 Å². The Bertz CT molecular complexity index is 5030. The van der Waals surface area contributed by atoms with Gasteiger partial charge < -0.3 is 25.2 Å². The zero-order valence-corrected chi connectivity index (χ0v) is 59.4. The molecular formula is C58H39Cl4F13N16O3S7. The van der Waals surface area contributed by atoms with Crippen LogP contribution in [0.1, 0.15) is 56.2 Å². The number of aromatic hydroxyl groups is 1. The Morgan fingerprint density at radius 3 is 1.27 bits per heavy atom. The second-order valence-corrected chi connectivity index (χ2v) is 29.1. The van der Waals surface area contributed by atoms with Crippen molar-refractivity contribution < 1.29 is 71.7 Å². The third kappa shape index (κ3) is 19.5. The highest BCUT2D eigenvalue weighted by Gasteiger charge is 2.41. The van der Waals surface area contributed by atoms with Crippen molar-refractivity contribution in [3.05, 3.63) is 169 Å². The van der Waals surface area contributed by atoms with Gasteiger partial charge in [0.15, 0.2) is 45.4 Å². The fourth-order valence-corrected chi connectivity index (χ4v) is 14.8. The van der Waals surface area contributed by atoms with Crippen LogP contribution in [-0.2, 0) is 44.0 Å². The summed E-state index contributed by atoms with van der Waals surface area (Å²) in [4.78, 5) is 54.9. The molecule has 0 amide bonds. The largest absolute Gasteiger partial charge is 0.508 e. The van der Waals surface area contributed by atoms with Crippen molar-refractivity contribution in [1.29, 1.82) is 0 Å². The third-order valence-electron chi connectivity index (χ3n) is 13.4. The van der Waals surface area contributed by atoms with Gasteiger partial charge in [0.05, 0.1) is 16.5 Å². The number of ether oxygens (including phenoxy) is 2. The Morgan fingerprint density at radius 2 is 0.851 bits per heavy atom. The van der Waals surface area contributed by atoms with E-state index in [1.165, 1.54) is 57.1 Å². The van der Waals surface area contributed by atoms with E-state index < -0.39 is 70.1 Å². The monoisotopic (exact) mass is 1620 g/mol. The van der Waals surface area contributed by atoms with Gasteiger partial charge in [-0.1, -0.05) is 128 Å². The number of phenols is 1. The molecule has 0 aliphatic rings. The summed E-state index contributed by atoms with van der Waals surface area (Å²) in [5.41, 5.74) is 7.30. The van der Waals surface area contributed by atoms with E-state index in [0.29, 0.717) is 86.6 Å². The Balaban J connectivity index is 0.000000158. The lowest BCUT2D eigenvalue weighted by atomic mass is 10.1. The summed E-state index contributed by atoms with van der Waals surface area (Å²) in [6, 6.07) is 16.1. The zero-order valence-electron chi connectivity index (χ0n) is 50.7. The first-order chi connectivity index (χ1) is 47.8. The highest BCUT2D eigenvalue weighted by molar-refractivity contribution is 7.20. The normalized spacial score (nSPS) is 11.8. The van der Waals surface area contributed by atoms with Crippen LogP contribution < -0.4 is 25.0 Å². The van der Waals surface area contributed by atoms with Gasteiger partial charge in [0.25, 0.3) is 15.6 Å². The maximum absolute atomic E-state index is 13.4. The maximum Gasteiger partial charge on any atom is 0.435 e. The third-order valence-corrected chi connectivity index (χ3v) is 20.2.